The molecule has 0 fully saturated rings. The Hall–Kier alpha value is -1.84. The van der Waals surface area contributed by atoms with Gasteiger partial charge in [0.15, 0.2) is 6.29 Å². The van der Waals surface area contributed by atoms with E-state index in [0.717, 1.165) is 0 Å². The number of aromatic carboxylic acids is 1. The van der Waals surface area contributed by atoms with E-state index in [4.69, 9.17) is 9.84 Å². The summed E-state index contributed by atoms with van der Waals surface area (Å²) in [6, 6.07) is 4.20. The summed E-state index contributed by atoms with van der Waals surface area (Å²) in [5, 5.41) is 8.72. The van der Waals surface area contributed by atoms with Crippen LogP contribution in [0.5, 0.6) is 5.75 Å². The van der Waals surface area contributed by atoms with Crippen LogP contribution in [0.2, 0.25) is 0 Å². The summed E-state index contributed by atoms with van der Waals surface area (Å²) >= 11 is 0. The summed E-state index contributed by atoms with van der Waals surface area (Å²) in [4.78, 5) is 21.4. The molecule has 4 nitrogen and oxygen atoms in total. The summed E-state index contributed by atoms with van der Waals surface area (Å²) in [5.41, 5.74) is 0.330. The second kappa shape index (κ2) is 4.59. The van der Waals surface area contributed by atoms with Gasteiger partial charge in [0, 0.05) is 0 Å². The second-order valence-electron chi connectivity index (χ2n) is 3.34. The Morgan fingerprint density at radius 3 is 2.60 bits per heavy atom. The molecule has 0 bridgehead atoms. The monoisotopic (exact) mass is 208 g/mol. The van der Waals surface area contributed by atoms with Gasteiger partial charge in [-0.1, -0.05) is 0 Å². The van der Waals surface area contributed by atoms with E-state index in [1.54, 1.807) is 0 Å². The molecule has 80 valence electrons. The number of carboxylic acid groups (broad SMARTS) is 1. The lowest BCUT2D eigenvalue weighted by Crippen LogP contribution is -2.08. The van der Waals surface area contributed by atoms with Crippen LogP contribution in [0.1, 0.15) is 34.6 Å². The molecule has 4 heteroatoms. The molecule has 1 aromatic rings. The number of hydrogen-bond acceptors (Lipinski definition) is 3. The van der Waals surface area contributed by atoms with Gasteiger partial charge in [0.2, 0.25) is 0 Å². The Bertz CT molecular complexity index is 382. The summed E-state index contributed by atoms with van der Waals surface area (Å²) < 4.78 is 5.35. The van der Waals surface area contributed by atoms with Gasteiger partial charge in [-0.25, -0.2) is 4.79 Å². The molecule has 0 atom stereocenters. The maximum absolute atomic E-state index is 10.7. The van der Waals surface area contributed by atoms with Crippen molar-refractivity contribution in [2.24, 2.45) is 0 Å². The minimum absolute atomic E-state index is 0.0561. The first kappa shape index (κ1) is 11.2. The van der Waals surface area contributed by atoms with Crippen LogP contribution in [0.4, 0.5) is 0 Å². The van der Waals surface area contributed by atoms with Gasteiger partial charge in [-0.15, -0.1) is 0 Å². The van der Waals surface area contributed by atoms with Crippen molar-refractivity contribution >= 4 is 12.3 Å². The minimum Gasteiger partial charge on any atom is -0.490 e. The van der Waals surface area contributed by atoms with Gasteiger partial charge in [0.1, 0.15) is 5.75 Å². The van der Waals surface area contributed by atoms with Crippen LogP contribution in [-0.2, 0) is 0 Å². The highest BCUT2D eigenvalue weighted by Gasteiger charge is 2.09. The van der Waals surface area contributed by atoms with E-state index in [0.29, 0.717) is 12.0 Å². The smallest absolute Gasteiger partial charge is 0.335 e. The number of carbonyl (C=O) groups excluding carboxylic acids is 1. The first-order chi connectivity index (χ1) is 7.04. The van der Waals surface area contributed by atoms with Crippen molar-refractivity contribution in [2.75, 3.05) is 0 Å². The Morgan fingerprint density at radius 2 is 2.13 bits per heavy atom. The number of carboxylic acids is 1. The molecule has 0 aliphatic rings. The van der Waals surface area contributed by atoms with Gasteiger partial charge in [0.05, 0.1) is 17.2 Å². The fourth-order valence-electron chi connectivity index (χ4n) is 1.13. The average molecular weight is 208 g/mol. The van der Waals surface area contributed by atoms with Crippen molar-refractivity contribution in [1.82, 2.24) is 0 Å². The molecule has 0 amide bonds. The third kappa shape index (κ3) is 2.80. The molecule has 0 aliphatic heterocycles. The van der Waals surface area contributed by atoms with Crippen molar-refractivity contribution in [3.63, 3.8) is 0 Å². The van der Waals surface area contributed by atoms with Gasteiger partial charge >= 0.3 is 5.97 Å². The zero-order chi connectivity index (χ0) is 11.4. The Balaban J connectivity index is 3.09. The quantitative estimate of drug-likeness (QED) is 0.768. The summed E-state index contributed by atoms with van der Waals surface area (Å²) in [7, 11) is 0. The van der Waals surface area contributed by atoms with Gasteiger partial charge in [-0.05, 0) is 32.0 Å². The van der Waals surface area contributed by atoms with Crippen molar-refractivity contribution in [1.29, 1.82) is 0 Å². The highest BCUT2D eigenvalue weighted by Crippen LogP contribution is 2.19. The van der Waals surface area contributed by atoms with Crippen LogP contribution in [0, 0.1) is 0 Å². The van der Waals surface area contributed by atoms with Crippen LogP contribution >= 0.6 is 0 Å². The highest BCUT2D eigenvalue weighted by molar-refractivity contribution is 5.91. The third-order valence-electron chi connectivity index (χ3n) is 1.75. The van der Waals surface area contributed by atoms with Crippen LogP contribution in [0.15, 0.2) is 18.2 Å². The maximum atomic E-state index is 10.7. The van der Waals surface area contributed by atoms with Crippen LogP contribution in [0.25, 0.3) is 0 Å². The molecule has 0 radical (unpaired) electrons. The van der Waals surface area contributed by atoms with E-state index in [1.807, 2.05) is 13.8 Å². The molecule has 0 unspecified atom stereocenters. The van der Waals surface area contributed by atoms with Crippen LogP contribution < -0.4 is 4.74 Å². The number of ether oxygens (including phenoxy) is 1. The Kier molecular flexibility index (Phi) is 3.44. The number of rotatable bonds is 4. The standard InChI is InChI=1S/C11H12O4/c1-7(2)15-10-4-3-8(11(13)14)5-9(10)6-12/h3-7H,1-2H3,(H,13,14). The first-order valence-electron chi connectivity index (χ1n) is 4.53. The largest absolute Gasteiger partial charge is 0.490 e. The Morgan fingerprint density at radius 1 is 1.47 bits per heavy atom. The predicted octanol–water partition coefficient (Wildman–Crippen LogP) is 1.98. The van der Waals surface area contributed by atoms with Crippen molar-refractivity contribution < 1.29 is 19.4 Å². The molecule has 15 heavy (non-hydrogen) atoms. The van der Waals surface area contributed by atoms with E-state index in [1.165, 1.54) is 18.2 Å². The second-order valence-corrected chi connectivity index (χ2v) is 3.34. The summed E-state index contributed by atoms with van der Waals surface area (Å²) in [6.45, 7) is 3.67. The number of hydrogen-bond donors (Lipinski definition) is 1. The molecule has 0 saturated carbocycles. The minimum atomic E-state index is -1.06. The zero-order valence-corrected chi connectivity index (χ0v) is 8.56. The molecule has 0 aliphatic carbocycles. The highest BCUT2D eigenvalue weighted by atomic mass is 16.5. The van der Waals surface area contributed by atoms with Gasteiger partial charge in [0.25, 0.3) is 0 Å². The lowest BCUT2D eigenvalue weighted by atomic mass is 10.1. The third-order valence-corrected chi connectivity index (χ3v) is 1.75. The van der Waals surface area contributed by atoms with Crippen LogP contribution in [-0.4, -0.2) is 23.5 Å². The fraction of sp³-hybridized carbons (Fsp3) is 0.273. The van der Waals surface area contributed by atoms with E-state index in [-0.39, 0.29) is 17.2 Å². The number of carbonyl (C=O) groups is 2. The van der Waals surface area contributed by atoms with Gasteiger partial charge in [-0.3, -0.25) is 4.79 Å². The summed E-state index contributed by atoms with van der Waals surface area (Å²) in [6.07, 6.45) is 0.531. The molecule has 0 spiro atoms. The van der Waals surface area contributed by atoms with Gasteiger partial charge in [-0.2, -0.15) is 0 Å². The van der Waals surface area contributed by atoms with E-state index >= 15 is 0 Å². The average Bonchev–Trinajstić information content (AvgIpc) is 2.17. The fourth-order valence-corrected chi connectivity index (χ4v) is 1.13. The molecular formula is C11H12O4. The topological polar surface area (TPSA) is 63.6 Å². The number of benzene rings is 1. The lowest BCUT2D eigenvalue weighted by Gasteiger charge is -2.11. The van der Waals surface area contributed by atoms with Gasteiger partial charge < -0.3 is 9.84 Å². The molecule has 0 aromatic heterocycles. The molecule has 1 rings (SSSR count). The zero-order valence-electron chi connectivity index (χ0n) is 8.56. The van der Waals surface area contributed by atoms with Crippen molar-refractivity contribution in [3.05, 3.63) is 29.3 Å². The first-order valence-corrected chi connectivity index (χ1v) is 4.53. The Labute approximate surface area is 87.5 Å². The normalized spacial score (nSPS) is 10.1. The van der Waals surface area contributed by atoms with E-state index in [9.17, 15) is 9.59 Å². The maximum Gasteiger partial charge on any atom is 0.335 e. The molecule has 1 aromatic carbocycles. The predicted molar refractivity (Wildman–Crippen MR) is 54.6 cm³/mol. The molecule has 0 heterocycles. The number of aldehydes is 1. The molecule has 0 saturated heterocycles. The van der Waals surface area contributed by atoms with Crippen molar-refractivity contribution in [2.45, 2.75) is 20.0 Å². The SMILES string of the molecule is CC(C)Oc1ccc(C(=O)O)cc1C=O. The van der Waals surface area contributed by atoms with E-state index < -0.39 is 5.97 Å². The summed E-state index contributed by atoms with van der Waals surface area (Å²) in [5.74, 6) is -0.654. The van der Waals surface area contributed by atoms with Crippen LogP contribution in [0.3, 0.4) is 0 Å². The van der Waals surface area contributed by atoms with E-state index in [2.05, 4.69) is 0 Å². The van der Waals surface area contributed by atoms with Crippen molar-refractivity contribution in [3.8, 4) is 5.75 Å². The molecular weight excluding hydrogens is 196 g/mol. The molecule has 1 N–H and O–H groups in total. The lowest BCUT2D eigenvalue weighted by molar-refractivity contribution is 0.0697.